The molecule has 0 aromatic carbocycles. The van der Waals surface area contributed by atoms with Crippen LogP contribution in [0.25, 0.3) is 0 Å². The third-order valence-corrected chi connectivity index (χ3v) is 4.08. The van der Waals surface area contributed by atoms with Gasteiger partial charge in [0.15, 0.2) is 0 Å². The lowest BCUT2D eigenvalue weighted by Crippen LogP contribution is -2.43. The van der Waals surface area contributed by atoms with Gasteiger partial charge in [0.25, 0.3) is 0 Å². The normalized spacial score (nSPS) is 23.6. The van der Waals surface area contributed by atoms with Crippen molar-refractivity contribution in [2.24, 2.45) is 5.92 Å². The SMILES string of the molecule is CCCNCc1cnc(N2CCCC(C)C2C)nc1. The molecule has 0 amide bonds. The van der Waals surface area contributed by atoms with E-state index in [0.717, 1.165) is 43.5 Å². The van der Waals surface area contributed by atoms with Crippen molar-refractivity contribution in [2.45, 2.75) is 52.6 Å². The van der Waals surface area contributed by atoms with E-state index in [1.807, 2.05) is 12.4 Å². The molecule has 19 heavy (non-hydrogen) atoms. The smallest absolute Gasteiger partial charge is 0.225 e. The Bertz CT molecular complexity index is 376. The summed E-state index contributed by atoms with van der Waals surface area (Å²) in [6, 6.07) is 0.540. The predicted octanol–water partition coefficient (Wildman–Crippen LogP) is 2.60. The van der Waals surface area contributed by atoms with Gasteiger partial charge in [-0.1, -0.05) is 13.8 Å². The van der Waals surface area contributed by atoms with E-state index in [-0.39, 0.29) is 0 Å². The first-order valence-corrected chi connectivity index (χ1v) is 7.50. The maximum Gasteiger partial charge on any atom is 0.225 e. The highest BCUT2D eigenvalue weighted by molar-refractivity contribution is 5.32. The molecule has 4 nitrogen and oxygen atoms in total. The zero-order valence-corrected chi connectivity index (χ0v) is 12.4. The molecule has 0 saturated carbocycles. The largest absolute Gasteiger partial charge is 0.338 e. The molecule has 0 radical (unpaired) electrons. The van der Waals surface area contributed by atoms with Crippen molar-refractivity contribution >= 4 is 5.95 Å². The molecule has 1 aliphatic rings. The number of aromatic nitrogens is 2. The minimum Gasteiger partial charge on any atom is -0.338 e. The van der Waals surface area contributed by atoms with E-state index < -0.39 is 0 Å². The maximum atomic E-state index is 4.54. The molecular formula is C15H26N4. The van der Waals surface area contributed by atoms with E-state index in [2.05, 4.69) is 41.0 Å². The summed E-state index contributed by atoms with van der Waals surface area (Å²) in [7, 11) is 0. The van der Waals surface area contributed by atoms with Crippen LogP contribution in [0.5, 0.6) is 0 Å². The first-order chi connectivity index (χ1) is 9.22. The Labute approximate surface area is 116 Å². The molecule has 1 N–H and O–H groups in total. The summed E-state index contributed by atoms with van der Waals surface area (Å²) in [4.78, 5) is 11.4. The molecule has 4 heteroatoms. The predicted molar refractivity (Wildman–Crippen MR) is 79.2 cm³/mol. The number of piperidine rings is 1. The minimum absolute atomic E-state index is 0.540. The van der Waals surface area contributed by atoms with Crippen molar-refractivity contribution in [3.8, 4) is 0 Å². The number of hydrogen-bond acceptors (Lipinski definition) is 4. The number of nitrogens with zero attached hydrogens (tertiary/aromatic N) is 3. The van der Waals surface area contributed by atoms with E-state index in [1.165, 1.54) is 12.8 Å². The Balaban J connectivity index is 1.97. The summed E-state index contributed by atoms with van der Waals surface area (Å²) >= 11 is 0. The van der Waals surface area contributed by atoms with Gasteiger partial charge in [0.1, 0.15) is 0 Å². The van der Waals surface area contributed by atoms with Crippen molar-refractivity contribution in [2.75, 3.05) is 18.0 Å². The second kappa shape index (κ2) is 6.85. The highest BCUT2D eigenvalue weighted by Crippen LogP contribution is 2.25. The second-order valence-corrected chi connectivity index (χ2v) is 5.62. The molecule has 2 heterocycles. The Hall–Kier alpha value is -1.16. The molecule has 0 spiro atoms. The lowest BCUT2D eigenvalue weighted by Gasteiger charge is -2.37. The number of rotatable bonds is 5. The Morgan fingerprint density at radius 3 is 2.74 bits per heavy atom. The molecule has 1 saturated heterocycles. The standard InChI is InChI=1S/C15H26N4/c1-4-7-16-9-14-10-17-15(18-11-14)19-8-5-6-12(2)13(19)3/h10-13,16H,4-9H2,1-3H3. The lowest BCUT2D eigenvalue weighted by atomic mass is 9.92. The maximum absolute atomic E-state index is 4.54. The zero-order valence-electron chi connectivity index (χ0n) is 12.4. The van der Waals surface area contributed by atoms with Crippen LogP contribution < -0.4 is 10.2 Å². The zero-order chi connectivity index (χ0) is 13.7. The van der Waals surface area contributed by atoms with Crippen molar-refractivity contribution in [1.82, 2.24) is 15.3 Å². The van der Waals surface area contributed by atoms with Gasteiger partial charge in [0.05, 0.1) is 0 Å². The van der Waals surface area contributed by atoms with Crippen LogP contribution in [-0.2, 0) is 6.54 Å². The summed E-state index contributed by atoms with van der Waals surface area (Å²) in [6.45, 7) is 9.76. The van der Waals surface area contributed by atoms with Gasteiger partial charge >= 0.3 is 0 Å². The Morgan fingerprint density at radius 1 is 1.32 bits per heavy atom. The highest BCUT2D eigenvalue weighted by atomic mass is 15.3. The van der Waals surface area contributed by atoms with Crippen molar-refractivity contribution in [1.29, 1.82) is 0 Å². The molecule has 1 aromatic heterocycles. The van der Waals surface area contributed by atoms with Crippen LogP contribution in [0.4, 0.5) is 5.95 Å². The van der Waals surface area contributed by atoms with Crippen molar-refractivity contribution in [3.05, 3.63) is 18.0 Å². The van der Waals surface area contributed by atoms with E-state index in [4.69, 9.17) is 0 Å². The third kappa shape index (κ3) is 3.66. The Morgan fingerprint density at radius 2 is 2.05 bits per heavy atom. The third-order valence-electron chi connectivity index (χ3n) is 4.08. The minimum atomic E-state index is 0.540. The first-order valence-electron chi connectivity index (χ1n) is 7.50. The topological polar surface area (TPSA) is 41.1 Å². The molecule has 0 bridgehead atoms. The summed E-state index contributed by atoms with van der Waals surface area (Å²) < 4.78 is 0. The fourth-order valence-corrected chi connectivity index (χ4v) is 2.61. The second-order valence-electron chi connectivity index (χ2n) is 5.62. The highest BCUT2D eigenvalue weighted by Gasteiger charge is 2.26. The van der Waals surface area contributed by atoms with Gasteiger partial charge < -0.3 is 10.2 Å². The summed E-state index contributed by atoms with van der Waals surface area (Å²) in [5, 5.41) is 3.37. The molecule has 2 unspecified atom stereocenters. The van der Waals surface area contributed by atoms with E-state index in [0.29, 0.717) is 6.04 Å². The Kier molecular flexibility index (Phi) is 5.14. The van der Waals surface area contributed by atoms with Crippen LogP contribution in [0.15, 0.2) is 12.4 Å². The van der Waals surface area contributed by atoms with Crippen LogP contribution in [0.2, 0.25) is 0 Å². The van der Waals surface area contributed by atoms with Gasteiger partial charge in [0.2, 0.25) is 5.95 Å². The van der Waals surface area contributed by atoms with Crippen LogP contribution in [0.1, 0.15) is 45.6 Å². The fourth-order valence-electron chi connectivity index (χ4n) is 2.61. The molecule has 1 fully saturated rings. The first kappa shape index (κ1) is 14.3. The van der Waals surface area contributed by atoms with Gasteiger partial charge in [-0.15, -0.1) is 0 Å². The molecule has 2 rings (SSSR count). The van der Waals surface area contributed by atoms with E-state index in [9.17, 15) is 0 Å². The molecule has 1 aromatic rings. The monoisotopic (exact) mass is 262 g/mol. The van der Waals surface area contributed by atoms with Gasteiger partial charge in [-0.2, -0.15) is 0 Å². The van der Waals surface area contributed by atoms with Crippen LogP contribution in [-0.4, -0.2) is 29.1 Å². The van der Waals surface area contributed by atoms with Crippen LogP contribution in [0, 0.1) is 5.92 Å². The average molecular weight is 262 g/mol. The van der Waals surface area contributed by atoms with Crippen LogP contribution in [0.3, 0.4) is 0 Å². The van der Waals surface area contributed by atoms with Crippen molar-refractivity contribution in [3.63, 3.8) is 0 Å². The van der Waals surface area contributed by atoms with Gasteiger partial charge in [-0.25, -0.2) is 9.97 Å². The van der Waals surface area contributed by atoms with Gasteiger partial charge in [-0.05, 0) is 38.6 Å². The lowest BCUT2D eigenvalue weighted by molar-refractivity contribution is 0.359. The molecular weight excluding hydrogens is 236 g/mol. The quantitative estimate of drug-likeness (QED) is 0.828. The number of anilines is 1. The summed E-state index contributed by atoms with van der Waals surface area (Å²) in [6.07, 6.45) is 7.63. The summed E-state index contributed by atoms with van der Waals surface area (Å²) in [5.41, 5.74) is 1.16. The average Bonchev–Trinajstić information content (AvgIpc) is 2.43. The number of nitrogens with one attached hydrogen (secondary N) is 1. The molecule has 2 atom stereocenters. The molecule has 0 aliphatic carbocycles. The van der Waals surface area contributed by atoms with E-state index in [1.54, 1.807) is 0 Å². The molecule has 106 valence electrons. The van der Waals surface area contributed by atoms with Crippen LogP contribution >= 0.6 is 0 Å². The summed E-state index contributed by atoms with van der Waals surface area (Å²) in [5.74, 6) is 1.61. The van der Waals surface area contributed by atoms with Crippen molar-refractivity contribution < 1.29 is 0 Å². The molecule has 1 aliphatic heterocycles. The van der Waals surface area contributed by atoms with E-state index >= 15 is 0 Å². The van der Waals surface area contributed by atoms with Gasteiger partial charge in [0, 0.05) is 37.1 Å². The number of hydrogen-bond donors (Lipinski definition) is 1. The fraction of sp³-hybridized carbons (Fsp3) is 0.733. The van der Waals surface area contributed by atoms with Gasteiger partial charge in [-0.3, -0.25) is 0 Å².